The molecule has 2 aromatic carbocycles. The van der Waals surface area contributed by atoms with Crippen molar-refractivity contribution in [3.63, 3.8) is 0 Å². The second-order valence-electron chi connectivity index (χ2n) is 12.0. The second-order valence-corrected chi connectivity index (χ2v) is 13.5. The Balaban J connectivity index is 1.42. The summed E-state index contributed by atoms with van der Waals surface area (Å²) in [6.07, 6.45) is -7.54. The van der Waals surface area contributed by atoms with Crippen molar-refractivity contribution in [1.82, 2.24) is 9.57 Å². The van der Waals surface area contributed by atoms with Gasteiger partial charge in [-0.25, -0.2) is 4.79 Å². The van der Waals surface area contributed by atoms with Crippen molar-refractivity contribution in [2.45, 2.75) is 74.9 Å². The molecule has 1 saturated heterocycles. The number of alkyl halides is 6. The summed E-state index contributed by atoms with van der Waals surface area (Å²) >= 11 is 0. The molecule has 230 valence electrons. The lowest BCUT2D eigenvalue weighted by atomic mass is 9.64. The van der Waals surface area contributed by atoms with Gasteiger partial charge in [0.25, 0.3) is 5.91 Å². The molecule has 2 saturated carbocycles. The molecule has 1 aliphatic heterocycles. The Bertz CT molecular complexity index is 1330. The number of halogens is 6. The molecule has 1 unspecified atom stereocenters. The summed E-state index contributed by atoms with van der Waals surface area (Å²) in [5, 5.41) is 0. The molecule has 3 amide bonds. The minimum Gasteiger partial charge on any atom is -0.373 e. The van der Waals surface area contributed by atoms with Gasteiger partial charge in [-0.05, 0) is 87.4 Å². The molecule has 3 fully saturated rings. The first kappa shape index (κ1) is 31.8. The van der Waals surface area contributed by atoms with Gasteiger partial charge in [-0.2, -0.15) is 26.3 Å². The maximum atomic E-state index is 13.8. The molecule has 0 aromatic heterocycles. The number of rotatable bonds is 8. The van der Waals surface area contributed by atoms with E-state index in [-0.39, 0.29) is 30.2 Å². The lowest BCUT2D eigenvalue weighted by Crippen LogP contribution is -2.55. The van der Waals surface area contributed by atoms with Gasteiger partial charge in [0.05, 0.1) is 23.8 Å². The molecule has 2 aliphatic carbocycles. The molecule has 1 spiro atoms. The Labute approximate surface area is 249 Å². The van der Waals surface area contributed by atoms with Gasteiger partial charge >= 0.3 is 18.4 Å². The number of benzene rings is 2. The predicted molar refractivity (Wildman–Crippen MR) is 150 cm³/mol. The van der Waals surface area contributed by atoms with Gasteiger partial charge < -0.3 is 9.64 Å². The molecular formula is C30H32BF6N2O3P. The van der Waals surface area contributed by atoms with Crippen LogP contribution in [0.5, 0.6) is 0 Å². The summed E-state index contributed by atoms with van der Waals surface area (Å²) in [6, 6.07) is 10.4. The number of ether oxygens (including phenoxy) is 1. The third kappa shape index (κ3) is 6.19. The maximum absolute atomic E-state index is 13.8. The zero-order valence-corrected chi connectivity index (χ0v) is 24.7. The number of imide groups is 1. The molecule has 13 heteroatoms. The fraction of sp³-hybridized carbons (Fsp3) is 0.533. The van der Waals surface area contributed by atoms with E-state index < -0.39 is 48.5 Å². The first-order valence-electron chi connectivity index (χ1n) is 14.2. The van der Waals surface area contributed by atoms with Crippen molar-refractivity contribution in [3.05, 3.63) is 70.8 Å². The maximum Gasteiger partial charge on any atom is 0.416 e. The zero-order valence-electron chi connectivity index (χ0n) is 23.8. The third-order valence-corrected chi connectivity index (χ3v) is 10.1. The average molecular weight is 624 g/mol. The minimum absolute atomic E-state index is 0.00227. The standard InChI is InChI=1S/C30H32BF6N2O3P/c1-19(21-14-23(29(32,33)34)16-24(15-21)30(35,36)37)42-18-27(22-6-4-3-5-7-22)10-12-28(13-11-27)25(40)39(43(2)31)26(41)38(28)17-20-8-9-20/h3-7,14-16,19-20H,8-13,17-18H2,1-2H3/t19-,27?,28?,43?/m1/s1. The van der Waals surface area contributed by atoms with Crippen LogP contribution in [0.25, 0.3) is 0 Å². The molecule has 43 heavy (non-hydrogen) atoms. The van der Waals surface area contributed by atoms with Crippen LogP contribution >= 0.6 is 7.95 Å². The van der Waals surface area contributed by atoms with Gasteiger partial charge in [0, 0.05) is 12.0 Å². The topological polar surface area (TPSA) is 49.9 Å². The number of hydrogen-bond donors (Lipinski definition) is 0. The Morgan fingerprint density at radius 1 is 0.953 bits per heavy atom. The number of nitrogens with zero attached hydrogens (tertiary/aromatic N) is 2. The molecule has 0 N–H and O–H groups in total. The van der Waals surface area contributed by atoms with Crippen LogP contribution in [-0.4, -0.2) is 54.4 Å². The smallest absolute Gasteiger partial charge is 0.373 e. The van der Waals surface area contributed by atoms with Gasteiger partial charge in [0.2, 0.25) is 0 Å². The van der Waals surface area contributed by atoms with E-state index in [2.05, 4.69) is 0 Å². The van der Waals surface area contributed by atoms with E-state index >= 15 is 0 Å². The highest BCUT2D eigenvalue weighted by atomic mass is 31.1. The largest absolute Gasteiger partial charge is 0.416 e. The summed E-state index contributed by atoms with van der Waals surface area (Å²) in [6.45, 7) is 3.56. The Kier molecular flexibility index (Phi) is 8.44. The van der Waals surface area contributed by atoms with Crippen LogP contribution in [-0.2, 0) is 27.3 Å². The van der Waals surface area contributed by atoms with Crippen LogP contribution in [0.4, 0.5) is 31.1 Å². The lowest BCUT2D eigenvalue weighted by molar-refractivity contribution is -0.143. The number of amides is 3. The summed E-state index contributed by atoms with van der Waals surface area (Å²) in [5.41, 5.74) is -3.87. The first-order valence-corrected chi connectivity index (χ1v) is 16.0. The summed E-state index contributed by atoms with van der Waals surface area (Å²) < 4.78 is 88.2. The van der Waals surface area contributed by atoms with Crippen LogP contribution in [0, 0.1) is 5.92 Å². The van der Waals surface area contributed by atoms with Gasteiger partial charge in [-0.3, -0.25) is 9.46 Å². The Morgan fingerprint density at radius 3 is 2.00 bits per heavy atom. The van der Waals surface area contributed by atoms with E-state index in [0.29, 0.717) is 50.3 Å². The third-order valence-electron chi connectivity index (χ3n) is 9.08. The van der Waals surface area contributed by atoms with Gasteiger partial charge in [0.1, 0.15) is 13.1 Å². The highest BCUT2D eigenvalue weighted by Gasteiger charge is 2.61. The van der Waals surface area contributed by atoms with Crippen molar-refractivity contribution >= 4 is 27.5 Å². The molecule has 5 rings (SSSR count). The van der Waals surface area contributed by atoms with E-state index in [1.807, 2.05) is 30.3 Å². The minimum atomic E-state index is -4.97. The van der Waals surface area contributed by atoms with E-state index in [1.54, 1.807) is 11.6 Å². The lowest BCUT2D eigenvalue weighted by Gasteiger charge is -2.47. The van der Waals surface area contributed by atoms with Crippen LogP contribution < -0.4 is 0 Å². The number of carbonyl (C=O) groups excluding carboxylic acids is 2. The van der Waals surface area contributed by atoms with E-state index in [0.717, 1.165) is 18.4 Å². The van der Waals surface area contributed by atoms with Crippen LogP contribution in [0.2, 0.25) is 0 Å². The van der Waals surface area contributed by atoms with Crippen molar-refractivity contribution in [3.8, 4) is 0 Å². The number of hydrogen-bond acceptors (Lipinski definition) is 3. The number of carbonyl (C=O) groups is 2. The number of urea groups is 1. The van der Waals surface area contributed by atoms with Crippen LogP contribution in [0.3, 0.4) is 0 Å². The first-order chi connectivity index (χ1) is 20.1. The van der Waals surface area contributed by atoms with Crippen LogP contribution in [0.15, 0.2) is 48.5 Å². The molecule has 1 heterocycles. The van der Waals surface area contributed by atoms with Crippen molar-refractivity contribution in [1.29, 1.82) is 0 Å². The second kappa shape index (κ2) is 11.4. The normalized spacial score (nSPS) is 26.3. The zero-order chi connectivity index (χ0) is 31.4. The van der Waals surface area contributed by atoms with E-state index in [1.165, 1.54) is 11.6 Å². The fourth-order valence-corrected chi connectivity index (χ4v) is 7.17. The fourth-order valence-electron chi connectivity index (χ4n) is 6.31. The Morgan fingerprint density at radius 2 is 1.51 bits per heavy atom. The van der Waals surface area contributed by atoms with Crippen molar-refractivity contribution in [2.75, 3.05) is 19.8 Å². The molecule has 3 aliphatic rings. The van der Waals surface area contributed by atoms with Gasteiger partial charge in [-0.15, -0.1) is 0 Å². The Hall–Kier alpha value is -2.59. The molecule has 0 bridgehead atoms. The predicted octanol–water partition coefficient (Wildman–Crippen LogP) is 7.84. The average Bonchev–Trinajstić information content (AvgIpc) is 3.75. The SMILES string of the molecule is [B]P(C)N1C(=O)N(CC2CC2)C2(CCC(CO[C@H](C)c3cc(C(F)(F)F)cc(C(F)(F)F)c3)(c3ccccc3)CC2)C1=O. The molecule has 2 atom stereocenters. The molecule has 2 radical (unpaired) electrons. The van der Waals surface area contributed by atoms with Gasteiger partial charge in [0.15, 0.2) is 0 Å². The summed E-state index contributed by atoms with van der Waals surface area (Å²) in [4.78, 5) is 28.8. The summed E-state index contributed by atoms with van der Waals surface area (Å²) in [7, 11) is 4.61. The van der Waals surface area contributed by atoms with Crippen molar-refractivity contribution < 1.29 is 40.7 Å². The van der Waals surface area contributed by atoms with Crippen molar-refractivity contribution in [2.24, 2.45) is 5.92 Å². The van der Waals surface area contributed by atoms with E-state index in [4.69, 9.17) is 12.3 Å². The molecular weight excluding hydrogens is 592 g/mol. The van der Waals surface area contributed by atoms with Crippen LogP contribution in [0.1, 0.15) is 73.8 Å². The molecule has 2 aromatic rings. The summed E-state index contributed by atoms with van der Waals surface area (Å²) in [5.74, 6) is 0.0438. The molecule has 5 nitrogen and oxygen atoms in total. The van der Waals surface area contributed by atoms with E-state index in [9.17, 15) is 35.9 Å². The highest BCUT2D eigenvalue weighted by Crippen LogP contribution is 2.53. The van der Waals surface area contributed by atoms with Gasteiger partial charge in [-0.1, -0.05) is 38.3 Å². The monoisotopic (exact) mass is 624 g/mol. The quantitative estimate of drug-likeness (QED) is 0.130. The highest BCUT2D eigenvalue weighted by molar-refractivity contribution is 7.80.